The van der Waals surface area contributed by atoms with E-state index < -0.39 is 0 Å². The molecule has 1 aromatic heterocycles. The Morgan fingerprint density at radius 3 is 3.00 bits per heavy atom. The van der Waals surface area contributed by atoms with Gasteiger partial charge in [-0.05, 0) is 13.0 Å². The standard InChI is InChI=1S/C10H12N2O2/c1-3-10(13)12-5-8(6-12)9-4-7(2)14-11-9/h3-4,8H,1,5-6H2,2H3. The summed E-state index contributed by atoms with van der Waals surface area (Å²) in [6.07, 6.45) is 1.34. The van der Waals surface area contributed by atoms with Crippen LogP contribution in [0, 0.1) is 6.92 Å². The van der Waals surface area contributed by atoms with E-state index in [0.717, 1.165) is 24.5 Å². The van der Waals surface area contributed by atoms with Gasteiger partial charge in [0.15, 0.2) is 0 Å². The first kappa shape index (κ1) is 8.99. The Morgan fingerprint density at radius 1 is 1.79 bits per heavy atom. The number of amides is 1. The molecule has 74 valence electrons. The fourth-order valence-corrected chi connectivity index (χ4v) is 1.55. The average molecular weight is 192 g/mol. The molecule has 14 heavy (non-hydrogen) atoms. The van der Waals surface area contributed by atoms with Crippen molar-refractivity contribution in [3.05, 3.63) is 30.2 Å². The van der Waals surface area contributed by atoms with Crippen molar-refractivity contribution < 1.29 is 9.32 Å². The van der Waals surface area contributed by atoms with Crippen LogP contribution < -0.4 is 0 Å². The highest BCUT2D eigenvalue weighted by molar-refractivity contribution is 5.87. The Kier molecular flexibility index (Phi) is 2.11. The molecule has 0 unspecified atom stereocenters. The van der Waals surface area contributed by atoms with Crippen molar-refractivity contribution in [1.82, 2.24) is 10.1 Å². The molecule has 0 N–H and O–H groups in total. The minimum atomic E-state index is -0.0125. The van der Waals surface area contributed by atoms with Crippen LogP contribution in [0.1, 0.15) is 17.4 Å². The number of aryl methyl sites for hydroxylation is 1. The highest BCUT2D eigenvalue weighted by Crippen LogP contribution is 2.26. The summed E-state index contributed by atoms with van der Waals surface area (Å²) in [6, 6.07) is 1.92. The molecule has 0 atom stereocenters. The second kappa shape index (κ2) is 3.29. The van der Waals surface area contributed by atoms with Crippen LogP contribution in [0.4, 0.5) is 0 Å². The molecule has 0 aromatic carbocycles. The molecule has 1 amide bonds. The Balaban J connectivity index is 1.95. The fraction of sp³-hybridized carbons (Fsp3) is 0.400. The average Bonchev–Trinajstić information content (AvgIpc) is 2.49. The summed E-state index contributed by atoms with van der Waals surface area (Å²) in [6.45, 7) is 6.74. The van der Waals surface area contributed by atoms with Gasteiger partial charge in [0.25, 0.3) is 0 Å². The first-order chi connectivity index (χ1) is 6.70. The molecule has 0 saturated carbocycles. The van der Waals surface area contributed by atoms with Crippen LogP contribution in [-0.2, 0) is 4.79 Å². The lowest BCUT2D eigenvalue weighted by Gasteiger charge is -2.37. The summed E-state index contributed by atoms with van der Waals surface area (Å²) in [4.78, 5) is 12.9. The summed E-state index contributed by atoms with van der Waals surface area (Å²) in [5.74, 6) is 1.13. The molecule has 2 rings (SSSR count). The van der Waals surface area contributed by atoms with Crippen LogP contribution in [-0.4, -0.2) is 29.1 Å². The van der Waals surface area contributed by atoms with Crippen molar-refractivity contribution in [1.29, 1.82) is 0 Å². The first-order valence-electron chi connectivity index (χ1n) is 4.55. The first-order valence-corrected chi connectivity index (χ1v) is 4.55. The van der Waals surface area contributed by atoms with Gasteiger partial charge >= 0.3 is 0 Å². The lowest BCUT2D eigenvalue weighted by atomic mass is 9.96. The maximum atomic E-state index is 11.1. The van der Waals surface area contributed by atoms with Crippen molar-refractivity contribution in [2.24, 2.45) is 0 Å². The molecule has 0 radical (unpaired) electrons. The van der Waals surface area contributed by atoms with Gasteiger partial charge in [0.1, 0.15) is 5.76 Å². The number of hydrogen-bond acceptors (Lipinski definition) is 3. The lowest BCUT2D eigenvalue weighted by Crippen LogP contribution is -2.47. The summed E-state index contributed by atoms with van der Waals surface area (Å²) in [7, 11) is 0. The van der Waals surface area contributed by atoms with Crippen molar-refractivity contribution in [2.75, 3.05) is 13.1 Å². The maximum Gasteiger partial charge on any atom is 0.245 e. The van der Waals surface area contributed by atoms with E-state index in [1.165, 1.54) is 6.08 Å². The number of hydrogen-bond donors (Lipinski definition) is 0. The minimum Gasteiger partial charge on any atom is -0.361 e. The molecular weight excluding hydrogens is 180 g/mol. The zero-order chi connectivity index (χ0) is 10.1. The monoisotopic (exact) mass is 192 g/mol. The fourth-order valence-electron chi connectivity index (χ4n) is 1.55. The highest BCUT2D eigenvalue weighted by atomic mass is 16.5. The zero-order valence-electron chi connectivity index (χ0n) is 8.06. The number of aromatic nitrogens is 1. The third-order valence-electron chi connectivity index (χ3n) is 2.43. The topological polar surface area (TPSA) is 46.3 Å². The van der Waals surface area contributed by atoms with Crippen molar-refractivity contribution in [3.8, 4) is 0 Å². The van der Waals surface area contributed by atoms with Crippen molar-refractivity contribution in [3.63, 3.8) is 0 Å². The Bertz CT molecular complexity index is 364. The predicted molar refractivity (Wildman–Crippen MR) is 50.8 cm³/mol. The smallest absolute Gasteiger partial charge is 0.245 e. The van der Waals surface area contributed by atoms with Gasteiger partial charge < -0.3 is 9.42 Å². The Morgan fingerprint density at radius 2 is 2.50 bits per heavy atom. The lowest BCUT2D eigenvalue weighted by molar-refractivity contribution is -0.130. The summed E-state index contributed by atoms with van der Waals surface area (Å²) in [5.41, 5.74) is 0.940. The Labute approximate surface area is 82.2 Å². The van der Waals surface area contributed by atoms with Gasteiger partial charge in [-0.3, -0.25) is 4.79 Å². The van der Waals surface area contributed by atoms with Crippen LogP contribution in [0.3, 0.4) is 0 Å². The zero-order valence-corrected chi connectivity index (χ0v) is 8.06. The maximum absolute atomic E-state index is 11.1. The summed E-state index contributed by atoms with van der Waals surface area (Å²) in [5, 5.41) is 3.92. The number of carbonyl (C=O) groups excluding carboxylic acids is 1. The van der Waals surface area contributed by atoms with Crippen LogP contribution in [0.25, 0.3) is 0 Å². The molecule has 0 spiro atoms. The van der Waals surface area contributed by atoms with E-state index in [0.29, 0.717) is 5.92 Å². The van der Waals surface area contributed by atoms with Gasteiger partial charge in [-0.2, -0.15) is 0 Å². The second-order valence-corrected chi connectivity index (χ2v) is 3.51. The van der Waals surface area contributed by atoms with E-state index in [-0.39, 0.29) is 5.91 Å². The largest absolute Gasteiger partial charge is 0.361 e. The van der Waals surface area contributed by atoms with Gasteiger partial charge in [-0.1, -0.05) is 11.7 Å². The van der Waals surface area contributed by atoms with Gasteiger partial charge in [-0.15, -0.1) is 0 Å². The SMILES string of the molecule is C=CC(=O)N1CC(c2cc(C)on2)C1. The molecule has 0 bridgehead atoms. The van der Waals surface area contributed by atoms with E-state index in [2.05, 4.69) is 11.7 Å². The molecule has 1 aromatic rings. The van der Waals surface area contributed by atoms with Gasteiger partial charge in [-0.25, -0.2) is 0 Å². The number of nitrogens with zero attached hydrogens (tertiary/aromatic N) is 2. The highest BCUT2D eigenvalue weighted by Gasteiger charge is 2.32. The number of rotatable bonds is 2. The van der Waals surface area contributed by atoms with E-state index in [1.807, 2.05) is 13.0 Å². The van der Waals surface area contributed by atoms with Gasteiger partial charge in [0.2, 0.25) is 5.91 Å². The second-order valence-electron chi connectivity index (χ2n) is 3.51. The molecule has 1 aliphatic heterocycles. The Hall–Kier alpha value is -1.58. The van der Waals surface area contributed by atoms with E-state index in [9.17, 15) is 4.79 Å². The van der Waals surface area contributed by atoms with Crippen molar-refractivity contribution >= 4 is 5.91 Å². The third-order valence-corrected chi connectivity index (χ3v) is 2.43. The molecule has 1 fully saturated rings. The van der Waals surface area contributed by atoms with Crippen LogP contribution >= 0.6 is 0 Å². The molecule has 1 saturated heterocycles. The summed E-state index contributed by atoms with van der Waals surface area (Å²) >= 11 is 0. The molecule has 0 aliphatic carbocycles. The normalized spacial score (nSPS) is 16.5. The molecule has 1 aliphatic rings. The predicted octanol–water partition coefficient (Wildman–Crippen LogP) is 1.09. The van der Waals surface area contributed by atoms with E-state index in [1.54, 1.807) is 4.90 Å². The molecular formula is C10H12N2O2. The number of likely N-dealkylation sites (tertiary alicyclic amines) is 1. The van der Waals surface area contributed by atoms with Crippen LogP contribution in [0.2, 0.25) is 0 Å². The molecule has 2 heterocycles. The minimum absolute atomic E-state index is 0.0125. The van der Waals surface area contributed by atoms with E-state index in [4.69, 9.17) is 4.52 Å². The molecule has 4 nitrogen and oxygen atoms in total. The van der Waals surface area contributed by atoms with Gasteiger partial charge in [0, 0.05) is 25.1 Å². The van der Waals surface area contributed by atoms with Crippen molar-refractivity contribution in [2.45, 2.75) is 12.8 Å². The van der Waals surface area contributed by atoms with Crippen LogP contribution in [0.15, 0.2) is 23.2 Å². The third kappa shape index (κ3) is 1.43. The summed E-state index contributed by atoms with van der Waals surface area (Å²) < 4.78 is 4.97. The van der Waals surface area contributed by atoms with Crippen LogP contribution in [0.5, 0.6) is 0 Å². The van der Waals surface area contributed by atoms with E-state index >= 15 is 0 Å². The number of carbonyl (C=O) groups is 1. The molecule has 4 heteroatoms. The quantitative estimate of drug-likeness (QED) is 0.659. The van der Waals surface area contributed by atoms with Gasteiger partial charge in [0.05, 0.1) is 5.69 Å².